The Morgan fingerprint density at radius 3 is 2.54 bits per heavy atom. The van der Waals surface area contributed by atoms with Gasteiger partial charge in [-0.05, 0) is 43.0 Å². The molecule has 3 amide bonds. The van der Waals surface area contributed by atoms with Crippen LogP contribution in [0.3, 0.4) is 0 Å². The molecular weight excluding hydrogens is 602 g/mol. The normalized spacial score (nSPS) is 30.7. The summed E-state index contributed by atoms with van der Waals surface area (Å²) in [6.45, 7) is 5.57. The molecule has 1 spiro atoms. The van der Waals surface area contributed by atoms with Gasteiger partial charge in [-0.3, -0.25) is 14.4 Å². The second kappa shape index (κ2) is 11.1. The van der Waals surface area contributed by atoms with Crippen LogP contribution < -0.4 is 10.6 Å². The van der Waals surface area contributed by atoms with Gasteiger partial charge >= 0.3 is 0 Å². The molecule has 3 heterocycles. The topological polar surface area (TPSA) is 98.7 Å². The summed E-state index contributed by atoms with van der Waals surface area (Å²) in [6, 6.07) is 13.2. The molecule has 0 saturated carbocycles. The van der Waals surface area contributed by atoms with Crippen LogP contribution in [0.15, 0.2) is 48.5 Å². The van der Waals surface area contributed by atoms with E-state index in [2.05, 4.69) is 26.6 Å². The van der Waals surface area contributed by atoms with E-state index in [-0.39, 0.29) is 40.3 Å². The van der Waals surface area contributed by atoms with E-state index in [1.54, 1.807) is 22.7 Å². The molecule has 2 aromatic carbocycles. The fraction of sp³-hybridized carbons (Fsp3) is 0.483. The second-order valence-corrected chi connectivity index (χ2v) is 13.9. The molecule has 208 valence electrons. The molecule has 3 fully saturated rings. The highest BCUT2D eigenvalue weighted by Crippen LogP contribution is 2.68. The number of hydrogen-bond donors (Lipinski definition) is 3. The average molecular weight is 635 g/mol. The van der Waals surface area contributed by atoms with Crippen LogP contribution in [0, 0.1) is 24.7 Å². The van der Waals surface area contributed by atoms with Crippen molar-refractivity contribution >= 4 is 68.4 Å². The highest BCUT2D eigenvalue weighted by molar-refractivity contribution is 9.09. The SMILES string of the molecule is CC[C@H](C)[C@H](CO)N1C(=O)[C@@H]2[C@@H](C(=O)Nc3ccccc3)[C@@H]3SC2(CC3Br)C1C(=O)Nc1c(C)cccc1Cl. The number of nitrogens with zero attached hydrogens (tertiary/aromatic N) is 1. The zero-order valence-electron chi connectivity index (χ0n) is 22.1. The van der Waals surface area contributed by atoms with Crippen LogP contribution in [-0.2, 0) is 14.4 Å². The van der Waals surface area contributed by atoms with Crippen molar-refractivity contribution in [1.82, 2.24) is 4.90 Å². The number of anilines is 2. The maximum Gasteiger partial charge on any atom is 0.248 e. The molecular formula is C29H33BrClN3O4S. The van der Waals surface area contributed by atoms with E-state index in [9.17, 15) is 19.5 Å². The lowest BCUT2D eigenvalue weighted by atomic mass is 9.70. The number of alkyl halides is 1. The Morgan fingerprint density at radius 1 is 1.18 bits per heavy atom. The summed E-state index contributed by atoms with van der Waals surface area (Å²) < 4.78 is -0.825. The van der Waals surface area contributed by atoms with Crippen molar-refractivity contribution in [2.75, 3.05) is 17.2 Å². The number of amides is 3. The van der Waals surface area contributed by atoms with E-state index in [1.165, 1.54) is 0 Å². The third-order valence-electron chi connectivity index (χ3n) is 8.63. The zero-order valence-corrected chi connectivity index (χ0v) is 25.2. The van der Waals surface area contributed by atoms with Gasteiger partial charge in [-0.15, -0.1) is 11.8 Å². The quantitative estimate of drug-likeness (QED) is 0.351. The predicted molar refractivity (Wildman–Crippen MR) is 159 cm³/mol. The van der Waals surface area contributed by atoms with Crippen molar-refractivity contribution in [2.45, 2.75) is 60.5 Å². The Bertz CT molecular complexity index is 1260. The number of carbonyl (C=O) groups is 3. The van der Waals surface area contributed by atoms with Gasteiger partial charge in [0.15, 0.2) is 0 Å². The number of likely N-dealkylation sites (tertiary alicyclic amines) is 1. The molecule has 3 unspecified atom stereocenters. The first-order chi connectivity index (χ1) is 18.6. The zero-order chi connectivity index (χ0) is 28.1. The lowest BCUT2D eigenvalue weighted by Gasteiger charge is -2.39. The molecule has 3 aliphatic rings. The highest BCUT2D eigenvalue weighted by Gasteiger charge is 2.76. The number of aliphatic hydroxyl groups is 1. The van der Waals surface area contributed by atoms with Crippen LogP contribution in [0.1, 0.15) is 32.3 Å². The Labute approximate surface area is 246 Å². The van der Waals surface area contributed by atoms with E-state index in [4.69, 9.17) is 11.6 Å². The van der Waals surface area contributed by atoms with Crippen molar-refractivity contribution < 1.29 is 19.5 Å². The summed E-state index contributed by atoms with van der Waals surface area (Å²) in [5.74, 6) is -2.18. The molecule has 2 bridgehead atoms. The fourth-order valence-corrected chi connectivity index (χ4v) is 10.4. The van der Waals surface area contributed by atoms with E-state index in [1.807, 2.05) is 63.2 Å². The van der Waals surface area contributed by atoms with Crippen LogP contribution >= 0.6 is 39.3 Å². The number of carbonyl (C=O) groups excluding carboxylic acids is 3. The smallest absolute Gasteiger partial charge is 0.248 e. The molecule has 2 aromatic rings. The molecule has 0 aliphatic carbocycles. The minimum absolute atomic E-state index is 0.0495. The van der Waals surface area contributed by atoms with Gasteiger partial charge in [0, 0.05) is 15.8 Å². The standard InChI is InChI=1S/C29H33BrClN3O4S/c1-4-15(2)20(14-35)34-25(27(37)33-23-16(3)9-8-12-19(23)31)29-13-18(30)24(39-29)21(22(29)28(34)38)26(36)32-17-10-6-5-7-11-17/h5-12,15,18,20-22,24-25,35H,4,13-14H2,1-3H3,(H,32,36)(H,33,37)/t15-,18?,20-,21+,22-,24+,25?,29?/m0/s1. The number of halogens is 2. The number of rotatable bonds is 8. The van der Waals surface area contributed by atoms with Crippen molar-refractivity contribution in [3.63, 3.8) is 0 Å². The Kier molecular flexibility index (Phi) is 8.08. The molecule has 39 heavy (non-hydrogen) atoms. The number of benzene rings is 2. The summed E-state index contributed by atoms with van der Waals surface area (Å²) >= 11 is 11.8. The van der Waals surface area contributed by atoms with Gasteiger partial charge in [-0.25, -0.2) is 0 Å². The molecule has 0 aromatic heterocycles. The van der Waals surface area contributed by atoms with Crippen molar-refractivity contribution in [2.24, 2.45) is 17.8 Å². The first-order valence-electron chi connectivity index (χ1n) is 13.3. The monoisotopic (exact) mass is 633 g/mol. The summed E-state index contributed by atoms with van der Waals surface area (Å²) in [5.41, 5.74) is 1.98. The lowest BCUT2D eigenvalue weighted by molar-refractivity contribution is -0.142. The third-order valence-corrected chi connectivity index (χ3v) is 12.2. The number of para-hydroxylation sites is 2. The fourth-order valence-electron chi connectivity index (χ4n) is 6.57. The summed E-state index contributed by atoms with van der Waals surface area (Å²) in [4.78, 5) is 43.9. The number of thioether (sulfide) groups is 1. The van der Waals surface area contributed by atoms with Crippen LogP contribution in [0.2, 0.25) is 5.02 Å². The predicted octanol–water partition coefficient (Wildman–Crippen LogP) is 5.10. The molecule has 7 nitrogen and oxygen atoms in total. The van der Waals surface area contributed by atoms with E-state index in [0.717, 1.165) is 12.0 Å². The summed E-state index contributed by atoms with van der Waals surface area (Å²) in [7, 11) is 0. The van der Waals surface area contributed by atoms with Gasteiger partial charge in [0.1, 0.15) is 6.04 Å². The van der Waals surface area contributed by atoms with Gasteiger partial charge in [-0.2, -0.15) is 0 Å². The van der Waals surface area contributed by atoms with Gasteiger partial charge in [0.25, 0.3) is 0 Å². The maximum absolute atomic E-state index is 14.4. The van der Waals surface area contributed by atoms with E-state index >= 15 is 0 Å². The first kappa shape index (κ1) is 28.5. The van der Waals surface area contributed by atoms with Gasteiger partial charge < -0.3 is 20.6 Å². The molecule has 5 rings (SSSR count). The highest BCUT2D eigenvalue weighted by atomic mass is 79.9. The average Bonchev–Trinajstić information content (AvgIpc) is 3.51. The van der Waals surface area contributed by atoms with E-state index < -0.39 is 28.7 Å². The Balaban J connectivity index is 1.57. The third kappa shape index (κ3) is 4.69. The summed E-state index contributed by atoms with van der Waals surface area (Å²) in [6.07, 6.45) is 1.28. The Hall–Kier alpha value is -2.07. The van der Waals surface area contributed by atoms with Gasteiger partial charge in [0.2, 0.25) is 17.7 Å². The number of nitrogens with one attached hydrogen (secondary N) is 2. The molecule has 0 radical (unpaired) electrons. The van der Waals surface area contributed by atoms with Gasteiger partial charge in [0.05, 0.1) is 39.9 Å². The summed E-state index contributed by atoms with van der Waals surface area (Å²) in [5, 5.41) is 16.8. The van der Waals surface area contributed by atoms with Crippen molar-refractivity contribution in [3.8, 4) is 0 Å². The maximum atomic E-state index is 14.4. The minimum atomic E-state index is -0.874. The number of hydrogen-bond acceptors (Lipinski definition) is 5. The van der Waals surface area contributed by atoms with Crippen molar-refractivity contribution in [3.05, 3.63) is 59.1 Å². The molecule has 3 aliphatic heterocycles. The number of aryl methyl sites for hydroxylation is 1. The number of fused-ring (bicyclic) bond motifs is 1. The molecule has 8 atom stereocenters. The van der Waals surface area contributed by atoms with Crippen molar-refractivity contribution in [1.29, 1.82) is 0 Å². The van der Waals surface area contributed by atoms with Gasteiger partial charge in [-0.1, -0.05) is 78.1 Å². The Morgan fingerprint density at radius 2 is 1.90 bits per heavy atom. The largest absolute Gasteiger partial charge is 0.394 e. The van der Waals surface area contributed by atoms with Crippen LogP contribution in [0.25, 0.3) is 0 Å². The minimum Gasteiger partial charge on any atom is -0.394 e. The second-order valence-electron chi connectivity index (χ2n) is 10.8. The molecule has 3 saturated heterocycles. The lowest BCUT2D eigenvalue weighted by Crippen LogP contribution is -2.56. The van der Waals surface area contributed by atoms with E-state index in [0.29, 0.717) is 22.8 Å². The molecule has 3 N–H and O–H groups in total. The number of aliphatic hydroxyl groups excluding tert-OH is 1. The first-order valence-corrected chi connectivity index (χ1v) is 15.5. The molecule has 10 heteroatoms. The van der Waals surface area contributed by atoms with Crippen LogP contribution in [-0.4, -0.2) is 61.2 Å². The van der Waals surface area contributed by atoms with Crippen LogP contribution in [0.4, 0.5) is 11.4 Å². The van der Waals surface area contributed by atoms with Crippen LogP contribution in [0.5, 0.6) is 0 Å².